The molecular weight excluding hydrogens is 215 g/mol. The van der Waals surface area contributed by atoms with Crippen LogP contribution in [-0.4, -0.2) is 13.2 Å². The van der Waals surface area contributed by atoms with E-state index in [1.807, 2.05) is 12.1 Å². The van der Waals surface area contributed by atoms with Crippen LogP contribution < -0.4 is 0 Å². The van der Waals surface area contributed by atoms with Gasteiger partial charge in [0.05, 0.1) is 13.2 Å². The molecule has 1 aliphatic carbocycles. The van der Waals surface area contributed by atoms with E-state index in [-0.39, 0.29) is 5.82 Å². The Hall–Kier alpha value is -1.41. The van der Waals surface area contributed by atoms with Gasteiger partial charge in [-0.15, -0.1) is 0 Å². The molecule has 2 heteroatoms. The highest BCUT2D eigenvalue weighted by atomic mass is 19.1. The molecule has 88 valence electrons. The summed E-state index contributed by atoms with van der Waals surface area (Å²) in [5.41, 5.74) is 3.80. The maximum atomic E-state index is 13.0. The first-order chi connectivity index (χ1) is 8.25. The summed E-state index contributed by atoms with van der Waals surface area (Å²) in [6, 6.07) is 6.78. The van der Waals surface area contributed by atoms with Crippen molar-refractivity contribution in [2.45, 2.75) is 6.92 Å². The first-order valence-electron chi connectivity index (χ1n) is 6.00. The summed E-state index contributed by atoms with van der Waals surface area (Å²) in [7, 11) is 0. The highest BCUT2D eigenvalue weighted by Gasteiger charge is 2.28. The quantitative estimate of drug-likeness (QED) is 0.672. The fourth-order valence-electron chi connectivity index (χ4n) is 2.72. The lowest BCUT2D eigenvalue weighted by molar-refractivity contribution is 0.195. The minimum Gasteiger partial charge on any atom is -0.376 e. The largest absolute Gasteiger partial charge is 0.376 e. The van der Waals surface area contributed by atoms with Gasteiger partial charge in [0, 0.05) is 5.92 Å². The van der Waals surface area contributed by atoms with E-state index in [9.17, 15) is 4.39 Å². The minimum atomic E-state index is -0.183. The van der Waals surface area contributed by atoms with E-state index >= 15 is 0 Å². The lowest BCUT2D eigenvalue weighted by Gasteiger charge is -2.23. The molecule has 0 N–H and O–H groups in total. The van der Waals surface area contributed by atoms with Gasteiger partial charge in [-0.2, -0.15) is 0 Å². The number of halogens is 1. The molecule has 2 aliphatic rings. The van der Waals surface area contributed by atoms with E-state index < -0.39 is 0 Å². The number of fused-ring (bicyclic) bond motifs is 1. The molecule has 0 amide bonds. The van der Waals surface area contributed by atoms with Gasteiger partial charge in [-0.05, 0) is 34.8 Å². The van der Waals surface area contributed by atoms with Gasteiger partial charge in [-0.3, -0.25) is 0 Å². The Labute approximate surface area is 101 Å². The van der Waals surface area contributed by atoms with Crippen molar-refractivity contribution in [2.24, 2.45) is 11.8 Å². The van der Waals surface area contributed by atoms with Crippen molar-refractivity contribution in [1.82, 2.24) is 0 Å². The molecule has 3 rings (SSSR count). The zero-order valence-corrected chi connectivity index (χ0v) is 9.82. The predicted molar refractivity (Wildman–Crippen MR) is 65.9 cm³/mol. The lowest BCUT2D eigenvalue weighted by atomic mass is 9.81. The third-order valence-electron chi connectivity index (χ3n) is 3.59. The van der Waals surface area contributed by atoms with Crippen LogP contribution in [0.4, 0.5) is 4.39 Å². The number of rotatable bonds is 1. The van der Waals surface area contributed by atoms with Crippen LogP contribution in [0.2, 0.25) is 0 Å². The number of benzene rings is 1. The standard InChI is InChI=1S/C15H15FO/c1-10-2-3-12-8-17-9-14(12)15(10)11-4-6-13(16)7-5-11/h2-7,10,12H,8-9H2,1H3/t10-,12-/m1/s1. The molecule has 1 aromatic rings. The number of hydrogen-bond donors (Lipinski definition) is 0. The van der Waals surface area contributed by atoms with Gasteiger partial charge in [0.2, 0.25) is 0 Å². The van der Waals surface area contributed by atoms with E-state index in [2.05, 4.69) is 19.1 Å². The summed E-state index contributed by atoms with van der Waals surface area (Å²) in [6.07, 6.45) is 4.46. The third kappa shape index (κ3) is 1.83. The summed E-state index contributed by atoms with van der Waals surface area (Å²) >= 11 is 0. The van der Waals surface area contributed by atoms with E-state index in [1.54, 1.807) is 0 Å². The van der Waals surface area contributed by atoms with Crippen LogP contribution in [0, 0.1) is 17.7 Å². The summed E-state index contributed by atoms with van der Waals surface area (Å²) in [6.45, 7) is 3.67. The van der Waals surface area contributed by atoms with Crippen molar-refractivity contribution in [3.63, 3.8) is 0 Å². The number of ether oxygens (including phenoxy) is 1. The maximum Gasteiger partial charge on any atom is 0.123 e. The van der Waals surface area contributed by atoms with E-state index in [0.717, 1.165) is 12.2 Å². The Bertz CT molecular complexity index is 484. The molecule has 1 saturated heterocycles. The summed E-state index contributed by atoms with van der Waals surface area (Å²) < 4.78 is 18.5. The van der Waals surface area contributed by atoms with Crippen molar-refractivity contribution >= 4 is 5.57 Å². The van der Waals surface area contributed by atoms with Gasteiger partial charge < -0.3 is 4.74 Å². The highest BCUT2D eigenvalue weighted by molar-refractivity contribution is 5.74. The first kappa shape index (κ1) is 10.7. The van der Waals surface area contributed by atoms with Gasteiger partial charge in [0.25, 0.3) is 0 Å². The molecule has 0 unspecified atom stereocenters. The van der Waals surface area contributed by atoms with Crippen LogP contribution in [-0.2, 0) is 4.74 Å². The average Bonchev–Trinajstić information content (AvgIpc) is 2.79. The molecule has 0 spiro atoms. The Morgan fingerprint density at radius 3 is 2.71 bits per heavy atom. The van der Waals surface area contributed by atoms with Crippen LogP contribution in [0.3, 0.4) is 0 Å². The van der Waals surface area contributed by atoms with Gasteiger partial charge in [-0.25, -0.2) is 4.39 Å². The van der Waals surface area contributed by atoms with Crippen LogP contribution in [0.5, 0.6) is 0 Å². The van der Waals surface area contributed by atoms with Gasteiger partial charge in [0.15, 0.2) is 0 Å². The number of hydrogen-bond acceptors (Lipinski definition) is 1. The second-order valence-corrected chi connectivity index (χ2v) is 4.74. The summed E-state index contributed by atoms with van der Waals surface area (Å²) in [5, 5.41) is 0. The molecule has 0 aromatic heterocycles. The van der Waals surface area contributed by atoms with Crippen LogP contribution >= 0.6 is 0 Å². The third-order valence-corrected chi connectivity index (χ3v) is 3.59. The molecule has 0 bridgehead atoms. The van der Waals surface area contributed by atoms with E-state index in [1.165, 1.54) is 23.3 Å². The second-order valence-electron chi connectivity index (χ2n) is 4.74. The Balaban J connectivity index is 2.07. The molecule has 0 radical (unpaired) electrons. The molecule has 17 heavy (non-hydrogen) atoms. The van der Waals surface area contributed by atoms with Crippen molar-refractivity contribution in [1.29, 1.82) is 0 Å². The zero-order valence-electron chi connectivity index (χ0n) is 9.82. The van der Waals surface area contributed by atoms with Gasteiger partial charge >= 0.3 is 0 Å². The van der Waals surface area contributed by atoms with Crippen LogP contribution in [0.15, 0.2) is 42.0 Å². The SMILES string of the molecule is C[C@@H]1C=C[C@@H]2COCC2=C1c1ccc(F)cc1. The minimum absolute atomic E-state index is 0.183. The van der Waals surface area contributed by atoms with Crippen molar-refractivity contribution in [3.8, 4) is 0 Å². The molecule has 1 aliphatic heterocycles. The summed E-state index contributed by atoms with van der Waals surface area (Å²) in [5.74, 6) is 0.622. The average molecular weight is 230 g/mol. The summed E-state index contributed by atoms with van der Waals surface area (Å²) in [4.78, 5) is 0. The van der Waals surface area contributed by atoms with Gasteiger partial charge in [-0.1, -0.05) is 31.2 Å². The van der Waals surface area contributed by atoms with Crippen molar-refractivity contribution in [2.75, 3.05) is 13.2 Å². The molecule has 1 heterocycles. The van der Waals surface area contributed by atoms with Crippen LogP contribution in [0.1, 0.15) is 12.5 Å². The zero-order chi connectivity index (χ0) is 11.8. The number of allylic oxidation sites excluding steroid dienone is 2. The first-order valence-corrected chi connectivity index (χ1v) is 6.00. The van der Waals surface area contributed by atoms with E-state index in [4.69, 9.17) is 4.74 Å². The van der Waals surface area contributed by atoms with Crippen LogP contribution in [0.25, 0.3) is 5.57 Å². The van der Waals surface area contributed by atoms with Gasteiger partial charge in [0.1, 0.15) is 5.82 Å². The topological polar surface area (TPSA) is 9.23 Å². The molecule has 2 atom stereocenters. The fourth-order valence-corrected chi connectivity index (χ4v) is 2.72. The van der Waals surface area contributed by atoms with E-state index in [0.29, 0.717) is 18.4 Å². The Kier molecular flexibility index (Phi) is 2.60. The highest BCUT2D eigenvalue weighted by Crippen LogP contribution is 2.38. The molecule has 0 saturated carbocycles. The Morgan fingerprint density at radius 2 is 1.94 bits per heavy atom. The normalized spacial score (nSPS) is 27.4. The second kappa shape index (κ2) is 4.11. The predicted octanol–water partition coefficient (Wildman–Crippen LogP) is 3.43. The maximum absolute atomic E-state index is 13.0. The molecule has 1 fully saturated rings. The van der Waals surface area contributed by atoms with Crippen molar-refractivity contribution in [3.05, 3.63) is 53.4 Å². The monoisotopic (exact) mass is 230 g/mol. The molecular formula is C15H15FO. The molecule has 1 aromatic carbocycles. The smallest absolute Gasteiger partial charge is 0.123 e. The fraction of sp³-hybridized carbons (Fsp3) is 0.333. The lowest BCUT2D eigenvalue weighted by Crippen LogP contribution is -2.11. The molecule has 1 nitrogen and oxygen atoms in total. The van der Waals surface area contributed by atoms with Crippen molar-refractivity contribution < 1.29 is 9.13 Å². The Morgan fingerprint density at radius 1 is 1.18 bits per heavy atom.